The van der Waals surface area contributed by atoms with Crippen LogP contribution in [0.5, 0.6) is 0 Å². The summed E-state index contributed by atoms with van der Waals surface area (Å²) >= 11 is 0. The van der Waals surface area contributed by atoms with Crippen molar-refractivity contribution in [3.8, 4) is 0 Å². The minimum absolute atomic E-state index is 0.0879. The highest BCUT2D eigenvalue weighted by Crippen LogP contribution is 2.23. The molecule has 1 aliphatic heterocycles. The molecule has 0 aromatic carbocycles. The van der Waals surface area contributed by atoms with Crippen LogP contribution in [-0.4, -0.2) is 70.9 Å². The second kappa shape index (κ2) is 8.04. The van der Waals surface area contributed by atoms with Gasteiger partial charge in [0, 0.05) is 32.5 Å². The quantitative estimate of drug-likeness (QED) is 0.745. The van der Waals surface area contributed by atoms with Crippen LogP contribution in [0.2, 0.25) is 0 Å². The van der Waals surface area contributed by atoms with E-state index < -0.39 is 0 Å². The number of aryl methyl sites for hydroxylation is 1. The van der Waals surface area contributed by atoms with Crippen molar-refractivity contribution in [1.29, 1.82) is 0 Å². The van der Waals surface area contributed by atoms with E-state index >= 15 is 0 Å². The third kappa shape index (κ3) is 4.31. The minimum Gasteiger partial charge on any atom is -0.383 e. The van der Waals surface area contributed by atoms with Crippen molar-refractivity contribution in [3.05, 3.63) is 35.5 Å². The van der Waals surface area contributed by atoms with Gasteiger partial charge in [0.25, 0.3) is 5.91 Å². The monoisotopic (exact) mass is 346 g/mol. The molecule has 0 bridgehead atoms. The van der Waals surface area contributed by atoms with E-state index in [-0.39, 0.29) is 12.0 Å². The highest BCUT2D eigenvalue weighted by molar-refractivity contribution is 5.92. The molecule has 0 saturated carbocycles. The molecule has 0 aliphatic carbocycles. The summed E-state index contributed by atoms with van der Waals surface area (Å²) in [5, 5.41) is 9.73. The van der Waals surface area contributed by atoms with Gasteiger partial charge in [0.2, 0.25) is 0 Å². The number of carbonyl (C=O) groups excluding carboxylic acids is 1. The molecule has 134 valence electrons. The van der Waals surface area contributed by atoms with Gasteiger partial charge in [0.15, 0.2) is 0 Å². The lowest BCUT2D eigenvalue weighted by atomic mass is 10.2. The molecule has 25 heavy (non-hydrogen) atoms. The van der Waals surface area contributed by atoms with Crippen molar-refractivity contribution in [2.45, 2.75) is 13.0 Å². The Morgan fingerprint density at radius 2 is 2.40 bits per heavy atom. The third-order valence-corrected chi connectivity index (χ3v) is 3.88. The van der Waals surface area contributed by atoms with Crippen molar-refractivity contribution < 1.29 is 14.3 Å². The van der Waals surface area contributed by atoms with E-state index in [4.69, 9.17) is 9.47 Å². The molecule has 0 unspecified atom stereocenters. The number of rotatable bonds is 6. The Morgan fingerprint density at radius 3 is 3.16 bits per heavy atom. The number of aromatic nitrogens is 4. The Kier molecular flexibility index (Phi) is 5.56. The summed E-state index contributed by atoms with van der Waals surface area (Å²) in [5.41, 5.74) is 1.23. The third-order valence-electron chi connectivity index (χ3n) is 3.88. The number of anilines is 1. The van der Waals surface area contributed by atoms with E-state index in [1.807, 2.05) is 13.0 Å². The molecule has 3 rings (SSSR count). The average Bonchev–Trinajstić information content (AvgIpc) is 3.16. The van der Waals surface area contributed by atoms with Crippen molar-refractivity contribution >= 4 is 11.7 Å². The van der Waals surface area contributed by atoms with Crippen LogP contribution < -0.4 is 5.32 Å². The van der Waals surface area contributed by atoms with E-state index in [1.165, 1.54) is 0 Å². The molecule has 1 aliphatic rings. The van der Waals surface area contributed by atoms with Gasteiger partial charge in [-0.3, -0.25) is 9.89 Å². The largest absolute Gasteiger partial charge is 0.383 e. The number of morpholine rings is 1. The standard InChI is InChI=1S/C16H22N6O3/c1-11-19-13(9-15(20-11)17-5-7-24-2)14-10-22(6-8-25-14)16(23)12-3-4-18-21-12/h3-4,9,14H,5-8,10H2,1-2H3,(H,18,21)(H,17,19,20)/t14-/m1/s1. The van der Waals surface area contributed by atoms with E-state index in [2.05, 4.69) is 25.5 Å². The fraction of sp³-hybridized carbons (Fsp3) is 0.500. The summed E-state index contributed by atoms with van der Waals surface area (Å²) in [6.45, 7) is 4.51. The van der Waals surface area contributed by atoms with Crippen LogP contribution >= 0.6 is 0 Å². The van der Waals surface area contributed by atoms with Crippen LogP contribution in [0.4, 0.5) is 5.82 Å². The topological polar surface area (TPSA) is 105 Å². The van der Waals surface area contributed by atoms with Gasteiger partial charge < -0.3 is 19.7 Å². The summed E-state index contributed by atoms with van der Waals surface area (Å²) < 4.78 is 10.9. The minimum atomic E-state index is -0.287. The molecule has 9 nitrogen and oxygen atoms in total. The lowest BCUT2D eigenvalue weighted by Crippen LogP contribution is -2.42. The Balaban J connectivity index is 1.71. The maximum Gasteiger partial charge on any atom is 0.272 e. The molecule has 9 heteroatoms. The van der Waals surface area contributed by atoms with Crippen LogP contribution in [0.3, 0.4) is 0 Å². The first-order valence-electron chi connectivity index (χ1n) is 8.16. The van der Waals surface area contributed by atoms with Gasteiger partial charge in [-0.25, -0.2) is 9.97 Å². The number of ether oxygens (including phenoxy) is 2. The Labute approximate surface area is 145 Å². The van der Waals surface area contributed by atoms with Gasteiger partial charge in [-0.2, -0.15) is 5.10 Å². The SMILES string of the molecule is COCCNc1cc([C@H]2CN(C(=O)c3ccn[nH]3)CCO2)nc(C)n1. The number of amides is 1. The second-order valence-electron chi connectivity index (χ2n) is 5.73. The summed E-state index contributed by atoms with van der Waals surface area (Å²) in [7, 11) is 1.65. The molecule has 1 amide bonds. The molecule has 2 aromatic rings. The van der Waals surface area contributed by atoms with Gasteiger partial charge in [0.05, 0.1) is 25.5 Å². The van der Waals surface area contributed by atoms with E-state index in [9.17, 15) is 4.79 Å². The average molecular weight is 346 g/mol. The second-order valence-corrected chi connectivity index (χ2v) is 5.73. The molecule has 1 fully saturated rings. The first kappa shape index (κ1) is 17.3. The van der Waals surface area contributed by atoms with E-state index in [1.54, 1.807) is 24.3 Å². The smallest absolute Gasteiger partial charge is 0.272 e. The van der Waals surface area contributed by atoms with Crippen LogP contribution in [0, 0.1) is 6.92 Å². The summed E-state index contributed by atoms with van der Waals surface area (Å²) in [4.78, 5) is 23.1. The van der Waals surface area contributed by atoms with Crippen molar-refractivity contribution in [2.24, 2.45) is 0 Å². The molecule has 2 aromatic heterocycles. The number of H-pyrrole nitrogens is 1. The molecular formula is C16H22N6O3. The van der Waals surface area contributed by atoms with Crippen molar-refractivity contribution in [1.82, 2.24) is 25.1 Å². The lowest BCUT2D eigenvalue weighted by molar-refractivity contribution is -0.0250. The van der Waals surface area contributed by atoms with Gasteiger partial charge in [-0.1, -0.05) is 0 Å². The Bertz CT molecular complexity index is 706. The van der Waals surface area contributed by atoms with Crippen LogP contribution in [-0.2, 0) is 9.47 Å². The fourth-order valence-corrected chi connectivity index (χ4v) is 2.69. The number of hydrogen-bond donors (Lipinski definition) is 2. The van der Waals surface area contributed by atoms with E-state index in [0.29, 0.717) is 44.4 Å². The number of hydrogen-bond acceptors (Lipinski definition) is 7. The van der Waals surface area contributed by atoms with Gasteiger partial charge in [0.1, 0.15) is 23.4 Å². The van der Waals surface area contributed by atoms with E-state index in [0.717, 1.165) is 11.5 Å². The summed E-state index contributed by atoms with van der Waals surface area (Å²) in [5.74, 6) is 1.29. The molecular weight excluding hydrogens is 324 g/mol. The van der Waals surface area contributed by atoms with Gasteiger partial charge >= 0.3 is 0 Å². The maximum absolute atomic E-state index is 12.5. The number of methoxy groups -OCH3 is 1. The first-order chi connectivity index (χ1) is 12.2. The Morgan fingerprint density at radius 1 is 1.52 bits per heavy atom. The summed E-state index contributed by atoms with van der Waals surface area (Å²) in [6.07, 6.45) is 1.28. The first-order valence-corrected chi connectivity index (χ1v) is 8.16. The highest BCUT2D eigenvalue weighted by atomic mass is 16.5. The summed E-state index contributed by atoms with van der Waals surface area (Å²) in [6, 6.07) is 3.52. The highest BCUT2D eigenvalue weighted by Gasteiger charge is 2.28. The zero-order valence-corrected chi connectivity index (χ0v) is 14.4. The number of aromatic amines is 1. The lowest BCUT2D eigenvalue weighted by Gasteiger charge is -2.32. The normalized spacial score (nSPS) is 17.5. The predicted molar refractivity (Wildman–Crippen MR) is 90.3 cm³/mol. The van der Waals surface area contributed by atoms with Gasteiger partial charge in [-0.15, -0.1) is 0 Å². The molecule has 3 heterocycles. The van der Waals surface area contributed by atoms with Crippen molar-refractivity contribution in [2.75, 3.05) is 45.3 Å². The number of carbonyl (C=O) groups is 1. The molecule has 2 N–H and O–H groups in total. The predicted octanol–water partition coefficient (Wildman–Crippen LogP) is 0.780. The van der Waals surface area contributed by atoms with Crippen LogP contribution in [0.25, 0.3) is 0 Å². The molecule has 0 radical (unpaired) electrons. The molecule has 1 saturated heterocycles. The maximum atomic E-state index is 12.5. The van der Waals surface area contributed by atoms with Crippen LogP contribution in [0.15, 0.2) is 18.3 Å². The van der Waals surface area contributed by atoms with Gasteiger partial charge in [-0.05, 0) is 13.0 Å². The fourth-order valence-electron chi connectivity index (χ4n) is 2.69. The van der Waals surface area contributed by atoms with Crippen molar-refractivity contribution in [3.63, 3.8) is 0 Å². The molecule has 0 spiro atoms. The van der Waals surface area contributed by atoms with Crippen LogP contribution in [0.1, 0.15) is 28.1 Å². The molecule has 1 atom stereocenters. The number of nitrogens with one attached hydrogen (secondary N) is 2. The number of nitrogens with zero attached hydrogens (tertiary/aromatic N) is 4. The Hall–Kier alpha value is -2.52. The zero-order chi connectivity index (χ0) is 17.6. The zero-order valence-electron chi connectivity index (χ0n) is 14.4.